The number of rotatable bonds is 7. The summed E-state index contributed by atoms with van der Waals surface area (Å²) in [6.07, 6.45) is 1.78. The van der Waals surface area contributed by atoms with Crippen LogP contribution in [0.1, 0.15) is 30.9 Å². The number of hydrogen-bond donors (Lipinski definition) is 1. The van der Waals surface area contributed by atoms with Gasteiger partial charge in [0.1, 0.15) is 5.69 Å². The third-order valence-corrected chi connectivity index (χ3v) is 6.56. The van der Waals surface area contributed by atoms with Crippen molar-refractivity contribution in [2.24, 2.45) is 0 Å². The second-order valence-electron chi connectivity index (χ2n) is 7.50. The third-order valence-electron chi connectivity index (χ3n) is 5.20. The number of anilines is 2. The van der Waals surface area contributed by atoms with Gasteiger partial charge in [-0.15, -0.1) is 0 Å². The normalized spacial score (nSPS) is 17.0. The number of sulfonamides is 1. The number of nitro groups is 1. The molecule has 8 nitrogen and oxygen atoms in total. The molecule has 0 radical (unpaired) electrons. The van der Waals surface area contributed by atoms with Gasteiger partial charge in [-0.2, -0.15) is 0 Å². The summed E-state index contributed by atoms with van der Waals surface area (Å²) >= 11 is 0. The predicted molar refractivity (Wildman–Crippen MR) is 117 cm³/mol. The Hall–Kier alpha value is -2.65. The van der Waals surface area contributed by atoms with Crippen LogP contribution in [0.2, 0.25) is 0 Å². The first kappa shape index (κ1) is 22.0. The molecular formula is C21H27N3O5S. The number of hydrogen-bond acceptors (Lipinski definition) is 6. The zero-order valence-corrected chi connectivity index (χ0v) is 18.2. The van der Waals surface area contributed by atoms with Crippen LogP contribution in [-0.2, 0) is 14.8 Å². The molecular weight excluding hydrogens is 406 g/mol. The summed E-state index contributed by atoms with van der Waals surface area (Å²) < 4.78 is 34.0. The topological polar surface area (TPSA) is 102 Å². The van der Waals surface area contributed by atoms with Crippen LogP contribution in [0, 0.1) is 24.0 Å². The van der Waals surface area contributed by atoms with Crippen LogP contribution in [0.3, 0.4) is 0 Å². The Labute approximate surface area is 177 Å². The summed E-state index contributed by atoms with van der Waals surface area (Å²) in [5, 5.41) is 11.7. The van der Waals surface area contributed by atoms with Crippen molar-refractivity contribution in [1.29, 1.82) is 0 Å². The fraction of sp³-hybridized carbons (Fsp3) is 0.429. The van der Waals surface area contributed by atoms with Crippen LogP contribution < -0.4 is 9.62 Å². The molecule has 1 fully saturated rings. The molecule has 0 amide bonds. The molecule has 3 rings (SSSR count). The SMILES string of the molecule is CCOC1CCCN(c2ccc(S(=O)(=O)Nc3ccc(C)cc3C)cc2[N+](=O)[O-])C1. The molecule has 1 aliphatic heterocycles. The largest absolute Gasteiger partial charge is 0.377 e. The van der Waals surface area contributed by atoms with Crippen molar-refractivity contribution < 1.29 is 18.1 Å². The average Bonchev–Trinajstić information content (AvgIpc) is 2.70. The van der Waals surface area contributed by atoms with Gasteiger partial charge in [0, 0.05) is 25.8 Å². The fourth-order valence-corrected chi connectivity index (χ4v) is 4.89. The fourth-order valence-electron chi connectivity index (χ4n) is 3.74. The number of aryl methyl sites for hydroxylation is 2. The lowest BCUT2D eigenvalue weighted by atomic mass is 10.1. The van der Waals surface area contributed by atoms with E-state index in [4.69, 9.17) is 4.74 Å². The van der Waals surface area contributed by atoms with Gasteiger partial charge in [0.2, 0.25) is 0 Å². The monoisotopic (exact) mass is 433 g/mol. The maximum Gasteiger partial charge on any atom is 0.293 e. The molecule has 0 saturated carbocycles. The predicted octanol–water partition coefficient (Wildman–Crippen LogP) is 4.02. The molecule has 1 heterocycles. The van der Waals surface area contributed by atoms with Gasteiger partial charge in [-0.3, -0.25) is 14.8 Å². The van der Waals surface area contributed by atoms with Gasteiger partial charge in [-0.25, -0.2) is 8.42 Å². The number of nitrogens with one attached hydrogen (secondary N) is 1. The quantitative estimate of drug-likeness (QED) is 0.523. The molecule has 1 atom stereocenters. The number of nitro benzene ring substituents is 1. The van der Waals surface area contributed by atoms with E-state index in [1.807, 2.05) is 37.8 Å². The van der Waals surface area contributed by atoms with Crippen LogP contribution in [0.25, 0.3) is 0 Å². The van der Waals surface area contributed by atoms with Gasteiger partial charge >= 0.3 is 0 Å². The molecule has 0 aromatic heterocycles. The average molecular weight is 434 g/mol. The van der Waals surface area contributed by atoms with Gasteiger partial charge in [0.15, 0.2) is 0 Å². The van der Waals surface area contributed by atoms with Gasteiger partial charge < -0.3 is 9.64 Å². The highest BCUT2D eigenvalue weighted by Gasteiger charge is 2.28. The molecule has 0 aliphatic carbocycles. The Bertz CT molecular complexity index is 1040. The molecule has 2 aromatic carbocycles. The molecule has 1 N–H and O–H groups in total. The number of ether oxygens (including phenoxy) is 1. The molecule has 1 saturated heterocycles. The van der Waals surface area contributed by atoms with E-state index >= 15 is 0 Å². The summed E-state index contributed by atoms with van der Waals surface area (Å²) in [7, 11) is -3.97. The molecule has 162 valence electrons. The number of benzene rings is 2. The van der Waals surface area contributed by atoms with Crippen LogP contribution >= 0.6 is 0 Å². The lowest BCUT2D eigenvalue weighted by Gasteiger charge is -2.33. The molecule has 1 aliphatic rings. The van der Waals surface area contributed by atoms with Crippen LogP contribution in [0.15, 0.2) is 41.3 Å². The van der Waals surface area contributed by atoms with Gasteiger partial charge in [-0.1, -0.05) is 17.7 Å². The van der Waals surface area contributed by atoms with Crippen LogP contribution in [0.4, 0.5) is 17.1 Å². The Morgan fingerprint density at radius 3 is 2.67 bits per heavy atom. The van der Waals surface area contributed by atoms with E-state index in [9.17, 15) is 18.5 Å². The van der Waals surface area contributed by atoms with Crippen LogP contribution in [0.5, 0.6) is 0 Å². The summed E-state index contributed by atoms with van der Waals surface area (Å²) in [6, 6.07) is 9.43. The summed E-state index contributed by atoms with van der Waals surface area (Å²) in [6.45, 7) is 7.44. The molecule has 0 bridgehead atoms. The van der Waals surface area contributed by atoms with Crippen molar-refractivity contribution in [2.45, 2.75) is 44.6 Å². The Kier molecular flexibility index (Phi) is 6.62. The third kappa shape index (κ3) is 4.91. The molecule has 9 heteroatoms. The second kappa shape index (κ2) is 9.01. The smallest absolute Gasteiger partial charge is 0.293 e. The van der Waals surface area contributed by atoms with Crippen molar-refractivity contribution in [2.75, 3.05) is 29.3 Å². The zero-order valence-electron chi connectivity index (χ0n) is 17.4. The lowest BCUT2D eigenvalue weighted by molar-refractivity contribution is -0.384. The number of piperidine rings is 1. The highest BCUT2D eigenvalue weighted by molar-refractivity contribution is 7.92. The van der Waals surface area contributed by atoms with Crippen molar-refractivity contribution in [3.8, 4) is 0 Å². The summed E-state index contributed by atoms with van der Waals surface area (Å²) in [4.78, 5) is 13.0. The summed E-state index contributed by atoms with van der Waals surface area (Å²) in [5.74, 6) is 0. The molecule has 2 aromatic rings. The van der Waals surface area contributed by atoms with Gasteiger partial charge in [-0.05, 0) is 57.4 Å². The zero-order chi connectivity index (χ0) is 21.9. The first-order chi connectivity index (χ1) is 14.2. The standard InChI is InChI=1S/C21H27N3O5S/c1-4-29-17-6-5-11-23(14-17)20-10-8-18(13-21(20)24(25)26)30(27,28)22-19-9-7-15(2)12-16(19)3/h7-10,12-13,17,22H,4-6,11,14H2,1-3H3. The number of nitrogens with zero attached hydrogens (tertiary/aromatic N) is 2. The first-order valence-corrected chi connectivity index (χ1v) is 11.4. The van der Waals surface area contributed by atoms with Crippen molar-refractivity contribution in [1.82, 2.24) is 0 Å². The second-order valence-corrected chi connectivity index (χ2v) is 9.18. The molecule has 30 heavy (non-hydrogen) atoms. The van der Waals surface area contributed by atoms with Gasteiger partial charge in [0.05, 0.1) is 21.6 Å². The minimum atomic E-state index is -3.97. The molecule has 0 spiro atoms. The van der Waals surface area contributed by atoms with Crippen molar-refractivity contribution in [3.05, 3.63) is 57.6 Å². The Morgan fingerprint density at radius 1 is 1.23 bits per heavy atom. The van der Waals surface area contributed by atoms with E-state index < -0.39 is 14.9 Å². The van der Waals surface area contributed by atoms with Crippen LogP contribution in [-0.4, -0.2) is 39.1 Å². The van der Waals surface area contributed by atoms with E-state index in [2.05, 4.69) is 4.72 Å². The lowest BCUT2D eigenvalue weighted by Crippen LogP contribution is -2.40. The van der Waals surface area contributed by atoms with Crippen molar-refractivity contribution in [3.63, 3.8) is 0 Å². The first-order valence-electron chi connectivity index (χ1n) is 9.96. The van der Waals surface area contributed by atoms with E-state index in [-0.39, 0.29) is 16.7 Å². The van der Waals surface area contributed by atoms with E-state index in [0.29, 0.717) is 31.1 Å². The van der Waals surface area contributed by atoms with E-state index in [1.54, 1.807) is 6.07 Å². The maximum atomic E-state index is 12.9. The Balaban J connectivity index is 1.91. The van der Waals surface area contributed by atoms with E-state index in [1.165, 1.54) is 12.1 Å². The molecule has 1 unspecified atom stereocenters. The maximum absolute atomic E-state index is 12.9. The minimum absolute atomic E-state index is 0.0120. The van der Waals surface area contributed by atoms with Gasteiger partial charge in [0.25, 0.3) is 15.7 Å². The van der Waals surface area contributed by atoms with Crippen molar-refractivity contribution >= 4 is 27.1 Å². The minimum Gasteiger partial charge on any atom is -0.377 e. The highest BCUT2D eigenvalue weighted by Crippen LogP contribution is 2.33. The Morgan fingerprint density at radius 2 is 2.00 bits per heavy atom. The summed E-state index contributed by atoms with van der Waals surface area (Å²) in [5.41, 5.74) is 2.43. The highest BCUT2D eigenvalue weighted by atomic mass is 32.2. The van der Waals surface area contributed by atoms with E-state index in [0.717, 1.165) is 30.0 Å².